The summed E-state index contributed by atoms with van der Waals surface area (Å²) in [7, 11) is 0. The fourth-order valence-corrected chi connectivity index (χ4v) is 2.65. The molecule has 0 saturated heterocycles. The van der Waals surface area contributed by atoms with Crippen molar-refractivity contribution in [2.75, 3.05) is 6.54 Å². The molecule has 0 aliphatic rings. The van der Waals surface area contributed by atoms with Crippen molar-refractivity contribution in [3.63, 3.8) is 0 Å². The molecule has 0 spiro atoms. The van der Waals surface area contributed by atoms with Gasteiger partial charge < -0.3 is 5.73 Å². The second kappa shape index (κ2) is 4.06. The molecule has 0 aromatic carbocycles. The maximum absolute atomic E-state index is 5.83. The van der Waals surface area contributed by atoms with Crippen LogP contribution in [0.5, 0.6) is 0 Å². The van der Waals surface area contributed by atoms with Crippen LogP contribution in [0.15, 0.2) is 17.5 Å². The van der Waals surface area contributed by atoms with Crippen molar-refractivity contribution in [2.45, 2.75) is 32.1 Å². The Balaban J connectivity index is 2.93. The van der Waals surface area contributed by atoms with Crippen LogP contribution in [0.4, 0.5) is 0 Å². The largest absolute Gasteiger partial charge is 0.330 e. The van der Waals surface area contributed by atoms with Crippen LogP contribution >= 0.6 is 11.3 Å². The highest BCUT2D eigenvalue weighted by atomic mass is 32.1. The number of rotatable bonds is 4. The van der Waals surface area contributed by atoms with E-state index in [0.717, 1.165) is 19.4 Å². The third kappa shape index (κ3) is 1.54. The highest BCUT2D eigenvalue weighted by molar-refractivity contribution is 7.10. The lowest BCUT2D eigenvalue weighted by Crippen LogP contribution is -2.32. The average Bonchev–Trinajstić information content (AvgIpc) is 2.62. The molecule has 1 aromatic heterocycles. The lowest BCUT2D eigenvalue weighted by Gasteiger charge is -2.28. The van der Waals surface area contributed by atoms with Gasteiger partial charge in [0.05, 0.1) is 0 Å². The molecule has 0 fully saturated rings. The summed E-state index contributed by atoms with van der Waals surface area (Å²) in [6.45, 7) is 5.20. The van der Waals surface area contributed by atoms with Gasteiger partial charge in [-0.1, -0.05) is 19.9 Å². The first-order chi connectivity index (χ1) is 5.79. The molecule has 2 N–H and O–H groups in total. The minimum atomic E-state index is 0.244. The number of hydrogen-bond acceptors (Lipinski definition) is 2. The molecule has 0 atom stereocenters. The van der Waals surface area contributed by atoms with E-state index >= 15 is 0 Å². The van der Waals surface area contributed by atoms with E-state index in [0.29, 0.717) is 0 Å². The predicted molar refractivity (Wildman–Crippen MR) is 55.6 cm³/mol. The third-order valence-electron chi connectivity index (χ3n) is 2.79. The Labute approximate surface area is 78.6 Å². The van der Waals surface area contributed by atoms with Gasteiger partial charge >= 0.3 is 0 Å². The molecule has 0 amide bonds. The molecule has 2 heteroatoms. The van der Waals surface area contributed by atoms with Gasteiger partial charge in [0.25, 0.3) is 0 Å². The molecule has 1 nitrogen and oxygen atoms in total. The minimum Gasteiger partial charge on any atom is -0.330 e. The molecule has 1 aromatic rings. The summed E-state index contributed by atoms with van der Waals surface area (Å²) < 4.78 is 0. The van der Waals surface area contributed by atoms with Gasteiger partial charge in [-0.25, -0.2) is 0 Å². The lowest BCUT2D eigenvalue weighted by atomic mass is 9.81. The van der Waals surface area contributed by atoms with Gasteiger partial charge in [-0.3, -0.25) is 0 Å². The van der Waals surface area contributed by atoms with Gasteiger partial charge in [0.1, 0.15) is 0 Å². The van der Waals surface area contributed by atoms with Crippen molar-refractivity contribution >= 4 is 11.3 Å². The zero-order chi connectivity index (χ0) is 9.03. The van der Waals surface area contributed by atoms with Gasteiger partial charge in [0.2, 0.25) is 0 Å². The van der Waals surface area contributed by atoms with Crippen LogP contribution in [-0.2, 0) is 5.41 Å². The van der Waals surface area contributed by atoms with E-state index in [4.69, 9.17) is 5.73 Å². The summed E-state index contributed by atoms with van der Waals surface area (Å²) in [6, 6.07) is 4.31. The topological polar surface area (TPSA) is 26.0 Å². The summed E-state index contributed by atoms with van der Waals surface area (Å²) >= 11 is 1.82. The van der Waals surface area contributed by atoms with Crippen molar-refractivity contribution in [1.29, 1.82) is 0 Å². The van der Waals surface area contributed by atoms with E-state index in [1.54, 1.807) is 0 Å². The third-order valence-corrected chi connectivity index (χ3v) is 3.90. The molecular weight excluding hydrogens is 166 g/mol. The van der Waals surface area contributed by atoms with Crippen molar-refractivity contribution in [3.05, 3.63) is 22.4 Å². The average molecular weight is 183 g/mol. The van der Waals surface area contributed by atoms with Crippen LogP contribution in [0.1, 0.15) is 31.6 Å². The maximum Gasteiger partial charge on any atom is 0.0164 e. The Bertz CT molecular complexity index is 203. The van der Waals surface area contributed by atoms with E-state index in [1.165, 1.54) is 4.88 Å². The first kappa shape index (κ1) is 9.75. The van der Waals surface area contributed by atoms with Gasteiger partial charge in [-0.15, -0.1) is 11.3 Å². The van der Waals surface area contributed by atoms with E-state index in [9.17, 15) is 0 Å². The molecule has 0 saturated carbocycles. The van der Waals surface area contributed by atoms with E-state index in [1.807, 2.05) is 11.3 Å². The normalized spacial score (nSPS) is 11.9. The SMILES string of the molecule is CCC(CC)(CN)c1cccs1. The lowest BCUT2D eigenvalue weighted by molar-refractivity contribution is 0.415. The summed E-state index contributed by atoms with van der Waals surface area (Å²) in [5.74, 6) is 0. The van der Waals surface area contributed by atoms with Crippen LogP contribution in [0.3, 0.4) is 0 Å². The molecule has 0 aliphatic heterocycles. The molecule has 0 bridgehead atoms. The Morgan fingerprint density at radius 3 is 2.42 bits per heavy atom. The minimum absolute atomic E-state index is 0.244. The number of nitrogens with two attached hydrogens (primary N) is 1. The van der Waals surface area contributed by atoms with Crippen LogP contribution in [0, 0.1) is 0 Å². The van der Waals surface area contributed by atoms with Gasteiger partial charge in [-0.2, -0.15) is 0 Å². The van der Waals surface area contributed by atoms with Crippen molar-refractivity contribution < 1.29 is 0 Å². The number of hydrogen-bond donors (Lipinski definition) is 1. The Morgan fingerprint density at radius 1 is 1.42 bits per heavy atom. The van der Waals surface area contributed by atoms with Crippen LogP contribution in [-0.4, -0.2) is 6.54 Å². The fourth-order valence-electron chi connectivity index (χ4n) is 1.57. The first-order valence-corrected chi connectivity index (χ1v) is 5.41. The molecular formula is C10H17NS. The molecule has 0 unspecified atom stereocenters. The molecule has 1 heterocycles. The Hall–Kier alpha value is -0.340. The van der Waals surface area contributed by atoms with Crippen LogP contribution < -0.4 is 5.73 Å². The zero-order valence-corrected chi connectivity index (χ0v) is 8.66. The summed E-state index contributed by atoms with van der Waals surface area (Å²) in [5, 5.41) is 2.13. The van der Waals surface area contributed by atoms with Gasteiger partial charge in [-0.05, 0) is 24.3 Å². The maximum atomic E-state index is 5.83. The van der Waals surface area contributed by atoms with Gasteiger partial charge in [0.15, 0.2) is 0 Å². The number of thiophene rings is 1. The smallest absolute Gasteiger partial charge is 0.0164 e. The van der Waals surface area contributed by atoms with Gasteiger partial charge in [0, 0.05) is 16.8 Å². The Kier molecular flexibility index (Phi) is 3.29. The molecule has 12 heavy (non-hydrogen) atoms. The predicted octanol–water partition coefficient (Wildman–Crippen LogP) is 2.76. The van der Waals surface area contributed by atoms with Crippen molar-refractivity contribution in [3.8, 4) is 0 Å². The van der Waals surface area contributed by atoms with Crippen LogP contribution in [0.2, 0.25) is 0 Å². The molecule has 0 aliphatic carbocycles. The van der Waals surface area contributed by atoms with Crippen molar-refractivity contribution in [2.24, 2.45) is 5.73 Å². The van der Waals surface area contributed by atoms with E-state index in [-0.39, 0.29) is 5.41 Å². The molecule has 0 radical (unpaired) electrons. The first-order valence-electron chi connectivity index (χ1n) is 4.53. The van der Waals surface area contributed by atoms with Crippen molar-refractivity contribution in [1.82, 2.24) is 0 Å². The second-order valence-electron chi connectivity index (χ2n) is 3.17. The summed E-state index contributed by atoms with van der Waals surface area (Å²) in [4.78, 5) is 1.44. The standard InChI is InChI=1S/C10H17NS/c1-3-10(4-2,8-11)9-6-5-7-12-9/h5-7H,3-4,8,11H2,1-2H3. The second-order valence-corrected chi connectivity index (χ2v) is 4.12. The monoisotopic (exact) mass is 183 g/mol. The molecule has 1 rings (SSSR count). The van der Waals surface area contributed by atoms with E-state index in [2.05, 4.69) is 31.4 Å². The molecule has 68 valence electrons. The summed E-state index contributed by atoms with van der Waals surface area (Å²) in [5.41, 5.74) is 6.07. The quantitative estimate of drug-likeness (QED) is 0.763. The summed E-state index contributed by atoms with van der Waals surface area (Å²) in [6.07, 6.45) is 2.28. The van der Waals surface area contributed by atoms with Crippen LogP contribution in [0.25, 0.3) is 0 Å². The fraction of sp³-hybridized carbons (Fsp3) is 0.600. The Morgan fingerprint density at radius 2 is 2.08 bits per heavy atom. The highest BCUT2D eigenvalue weighted by Crippen LogP contribution is 2.33. The van der Waals surface area contributed by atoms with E-state index < -0.39 is 0 Å². The zero-order valence-electron chi connectivity index (χ0n) is 7.84. The highest BCUT2D eigenvalue weighted by Gasteiger charge is 2.27.